The molecule has 2 nitrogen and oxygen atoms in total. The predicted molar refractivity (Wildman–Crippen MR) is 78.9 cm³/mol. The highest BCUT2D eigenvalue weighted by Crippen LogP contribution is 2.15. The van der Waals surface area contributed by atoms with Crippen molar-refractivity contribution in [2.45, 2.75) is 33.7 Å². The maximum atomic E-state index is 3.52. The number of hydrogen-bond donors (Lipinski definition) is 1. The van der Waals surface area contributed by atoms with E-state index in [-0.39, 0.29) is 0 Å². The van der Waals surface area contributed by atoms with Gasteiger partial charge in [0.15, 0.2) is 0 Å². The molecule has 2 rings (SSSR count). The Labute approximate surface area is 110 Å². The summed E-state index contributed by atoms with van der Waals surface area (Å²) in [5, 5.41) is 4.86. The largest absolute Gasteiger partial charge is 0.347 e. The summed E-state index contributed by atoms with van der Waals surface area (Å²) in [6, 6.07) is 10.8. The van der Waals surface area contributed by atoms with E-state index >= 15 is 0 Å². The van der Waals surface area contributed by atoms with Crippen molar-refractivity contribution in [3.8, 4) is 0 Å². The first-order valence-corrected chi connectivity index (χ1v) is 6.81. The SMILES string of the molecule is CC(C)(C)CNCCCn1ccc2ccccc21. The molecule has 0 spiro atoms. The standard InChI is InChI=1S/C16H24N2/c1-16(2,3)13-17-10-6-11-18-12-9-14-7-4-5-8-15(14)18/h4-5,7-9,12,17H,6,10-11,13H2,1-3H3. The fourth-order valence-corrected chi connectivity index (χ4v) is 2.17. The smallest absolute Gasteiger partial charge is 0.0480 e. The zero-order valence-corrected chi connectivity index (χ0v) is 11.7. The van der Waals surface area contributed by atoms with Crippen molar-refractivity contribution in [2.75, 3.05) is 13.1 Å². The second-order valence-electron chi connectivity index (χ2n) is 6.16. The van der Waals surface area contributed by atoms with Crippen LogP contribution in [0.15, 0.2) is 36.5 Å². The average Bonchev–Trinajstić information content (AvgIpc) is 2.71. The summed E-state index contributed by atoms with van der Waals surface area (Å²) in [7, 11) is 0. The van der Waals surface area contributed by atoms with Crippen LogP contribution in [0.4, 0.5) is 0 Å². The first-order valence-electron chi connectivity index (χ1n) is 6.81. The molecule has 0 saturated heterocycles. The average molecular weight is 244 g/mol. The van der Waals surface area contributed by atoms with Crippen LogP contribution in [-0.4, -0.2) is 17.7 Å². The molecule has 2 aromatic rings. The molecule has 0 fully saturated rings. The van der Waals surface area contributed by atoms with E-state index in [0.717, 1.165) is 19.6 Å². The monoisotopic (exact) mass is 244 g/mol. The molecule has 0 saturated carbocycles. The van der Waals surface area contributed by atoms with Crippen LogP contribution in [0.25, 0.3) is 10.9 Å². The van der Waals surface area contributed by atoms with Crippen LogP contribution in [0.3, 0.4) is 0 Å². The van der Waals surface area contributed by atoms with Gasteiger partial charge < -0.3 is 9.88 Å². The lowest BCUT2D eigenvalue weighted by Crippen LogP contribution is -2.28. The number of fused-ring (bicyclic) bond motifs is 1. The molecule has 0 bridgehead atoms. The Balaban J connectivity index is 1.80. The first kappa shape index (κ1) is 13.2. The second kappa shape index (κ2) is 5.57. The number of rotatable bonds is 5. The lowest BCUT2D eigenvalue weighted by molar-refractivity contribution is 0.377. The number of nitrogens with zero attached hydrogens (tertiary/aromatic N) is 1. The quantitative estimate of drug-likeness (QED) is 0.794. The Hall–Kier alpha value is -1.28. The molecule has 0 aliphatic rings. The highest BCUT2D eigenvalue weighted by molar-refractivity contribution is 5.79. The number of benzene rings is 1. The molecule has 18 heavy (non-hydrogen) atoms. The summed E-state index contributed by atoms with van der Waals surface area (Å²) in [4.78, 5) is 0. The fraction of sp³-hybridized carbons (Fsp3) is 0.500. The summed E-state index contributed by atoms with van der Waals surface area (Å²) < 4.78 is 2.34. The first-order chi connectivity index (χ1) is 8.56. The summed E-state index contributed by atoms with van der Waals surface area (Å²) in [6.07, 6.45) is 3.36. The number of para-hydroxylation sites is 1. The molecule has 0 unspecified atom stereocenters. The summed E-state index contributed by atoms with van der Waals surface area (Å²) in [5.74, 6) is 0. The van der Waals surface area contributed by atoms with Crippen LogP contribution >= 0.6 is 0 Å². The number of aryl methyl sites for hydroxylation is 1. The molecule has 0 aliphatic heterocycles. The van der Waals surface area contributed by atoms with Crippen molar-refractivity contribution in [1.82, 2.24) is 9.88 Å². The molecule has 0 atom stereocenters. The van der Waals surface area contributed by atoms with Crippen LogP contribution in [-0.2, 0) is 6.54 Å². The molecule has 0 aliphatic carbocycles. The van der Waals surface area contributed by atoms with E-state index in [1.54, 1.807) is 0 Å². The molecule has 0 radical (unpaired) electrons. The van der Waals surface area contributed by atoms with Gasteiger partial charge >= 0.3 is 0 Å². The van der Waals surface area contributed by atoms with E-state index < -0.39 is 0 Å². The molecule has 1 N–H and O–H groups in total. The number of nitrogens with one attached hydrogen (secondary N) is 1. The third kappa shape index (κ3) is 3.61. The van der Waals surface area contributed by atoms with E-state index in [9.17, 15) is 0 Å². The molecule has 1 aromatic carbocycles. The molecule has 1 heterocycles. The molecular formula is C16H24N2. The van der Waals surface area contributed by atoms with Gasteiger partial charge in [0, 0.05) is 18.3 Å². The van der Waals surface area contributed by atoms with Gasteiger partial charge in [-0.15, -0.1) is 0 Å². The van der Waals surface area contributed by atoms with Crippen molar-refractivity contribution < 1.29 is 0 Å². The van der Waals surface area contributed by atoms with Crippen LogP contribution in [0.1, 0.15) is 27.2 Å². The van der Waals surface area contributed by atoms with Crippen molar-refractivity contribution in [1.29, 1.82) is 0 Å². The summed E-state index contributed by atoms with van der Waals surface area (Å²) in [5.41, 5.74) is 1.72. The van der Waals surface area contributed by atoms with E-state index in [1.807, 2.05) is 0 Å². The lowest BCUT2D eigenvalue weighted by Gasteiger charge is -2.18. The van der Waals surface area contributed by atoms with Gasteiger partial charge in [0.2, 0.25) is 0 Å². The Kier molecular flexibility index (Phi) is 4.07. The minimum absolute atomic E-state index is 0.375. The highest BCUT2D eigenvalue weighted by Gasteiger charge is 2.08. The normalized spacial score (nSPS) is 12.2. The maximum absolute atomic E-state index is 3.52. The minimum atomic E-state index is 0.375. The number of aromatic nitrogens is 1. The van der Waals surface area contributed by atoms with Gasteiger partial charge in [-0.1, -0.05) is 39.0 Å². The second-order valence-corrected chi connectivity index (χ2v) is 6.16. The van der Waals surface area contributed by atoms with Gasteiger partial charge in [0.25, 0.3) is 0 Å². The van der Waals surface area contributed by atoms with Crippen LogP contribution in [0.5, 0.6) is 0 Å². The van der Waals surface area contributed by atoms with Gasteiger partial charge in [-0.2, -0.15) is 0 Å². The Bertz CT molecular complexity index is 491. The Morgan fingerprint density at radius 2 is 1.89 bits per heavy atom. The molecular weight excluding hydrogens is 220 g/mol. The van der Waals surface area contributed by atoms with Gasteiger partial charge in [-0.05, 0) is 42.4 Å². The van der Waals surface area contributed by atoms with E-state index in [1.165, 1.54) is 17.3 Å². The predicted octanol–water partition coefficient (Wildman–Crippen LogP) is 3.67. The molecule has 98 valence electrons. The Morgan fingerprint density at radius 1 is 1.11 bits per heavy atom. The zero-order valence-electron chi connectivity index (χ0n) is 11.7. The van der Waals surface area contributed by atoms with Gasteiger partial charge in [0.05, 0.1) is 0 Å². The van der Waals surface area contributed by atoms with Crippen molar-refractivity contribution in [3.63, 3.8) is 0 Å². The van der Waals surface area contributed by atoms with E-state index in [0.29, 0.717) is 5.41 Å². The Morgan fingerprint density at radius 3 is 2.67 bits per heavy atom. The highest BCUT2D eigenvalue weighted by atomic mass is 15.0. The third-order valence-corrected chi connectivity index (χ3v) is 3.09. The molecule has 0 amide bonds. The van der Waals surface area contributed by atoms with E-state index in [4.69, 9.17) is 0 Å². The van der Waals surface area contributed by atoms with Crippen LogP contribution in [0, 0.1) is 5.41 Å². The van der Waals surface area contributed by atoms with E-state index in [2.05, 4.69) is 67.2 Å². The van der Waals surface area contributed by atoms with Crippen LogP contribution in [0.2, 0.25) is 0 Å². The minimum Gasteiger partial charge on any atom is -0.347 e. The lowest BCUT2D eigenvalue weighted by atomic mass is 9.97. The van der Waals surface area contributed by atoms with Gasteiger partial charge in [0.1, 0.15) is 0 Å². The fourth-order valence-electron chi connectivity index (χ4n) is 2.17. The van der Waals surface area contributed by atoms with Gasteiger partial charge in [-0.3, -0.25) is 0 Å². The van der Waals surface area contributed by atoms with Crippen LogP contribution < -0.4 is 5.32 Å². The zero-order chi connectivity index (χ0) is 13.0. The third-order valence-electron chi connectivity index (χ3n) is 3.09. The molecule has 1 aromatic heterocycles. The summed E-state index contributed by atoms with van der Waals surface area (Å²) in [6.45, 7) is 10.0. The molecule has 2 heteroatoms. The van der Waals surface area contributed by atoms with Crippen molar-refractivity contribution in [2.24, 2.45) is 5.41 Å². The topological polar surface area (TPSA) is 17.0 Å². The number of hydrogen-bond acceptors (Lipinski definition) is 1. The van der Waals surface area contributed by atoms with Gasteiger partial charge in [-0.25, -0.2) is 0 Å². The maximum Gasteiger partial charge on any atom is 0.0480 e. The van der Waals surface area contributed by atoms with Crippen molar-refractivity contribution >= 4 is 10.9 Å². The van der Waals surface area contributed by atoms with Crippen molar-refractivity contribution in [3.05, 3.63) is 36.5 Å². The summed E-state index contributed by atoms with van der Waals surface area (Å²) >= 11 is 0.